The van der Waals surface area contributed by atoms with E-state index in [1.807, 2.05) is 18.5 Å². The van der Waals surface area contributed by atoms with E-state index in [0.29, 0.717) is 6.04 Å². The lowest BCUT2D eigenvalue weighted by Gasteiger charge is -2.21. The van der Waals surface area contributed by atoms with Crippen LogP contribution in [0.4, 0.5) is 0 Å². The third kappa shape index (κ3) is 4.75. The number of nitrogens with one attached hydrogen (secondary N) is 1. The summed E-state index contributed by atoms with van der Waals surface area (Å²) in [7, 11) is 0. The lowest BCUT2D eigenvalue weighted by molar-refractivity contribution is 0.299. The van der Waals surface area contributed by atoms with Gasteiger partial charge in [-0.3, -0.25) is 4.98 Å². The first-order valence-electron chi connectivity index (χ1n) is 7.19. The number of hydrogen-bond donors (Lipinski definition) is 1. The molecule has 1 aliphatic rings. The number of aryl methyl sites for hydroxylation is 1. The summed E-state index contributed by atoms with van der Waals surface area (Å²) in [5, 5.41) is 3.62. The Bertz CT molecular complexity index is 320. The number of aromatic nitrogens is 1. The molecule has 1 atom stereocenters. The molecule has 0 amide bonds. The van der Waals surface area contributed by atoms with E-state index >= 15 is 0 Å². The van der Waals surface area contributed by atoms with E-state index < -0.39 is 0 Å². The summed E-state index contributed by atoms with van der Waals surface area (Å²) in [4.78, 5) is 6.71. The zero-order valence-corrected chi connectivity index (χ0v) is 11.4. The van der Waals surface area contributed by atoms with Gasteiger partial charge in [0.15, 0.2) is 0 Å². The van der Waals surface area contributed by atoms with Crippen molar-refractivity contribution in [3.63, 3.8) is 0 Å². The van der Waals surface area contributed by atoms with Crippen LogP contribution < -0.4 is 5.32 Å². The molecule has 2 heterocycles. The first-order valence-corrected chi connectivity index (χ1v) is 7.19. The smallest absolute Gasteiger partial charge is 0.0299 e. The molecule has 2 rings (SSSR count). The molecule has 1 N–H and O–H groups in total. The second-order valence-electron chi connectivity index (χ2n) is 5.33. The molecule has 0 aliphatic carbocycles. The fourth-order valence-electron chi connectivity index (χ4n) is 2.60. The summed E-state index contributed by atoms with van der Waals surface area (Å²) >= 11 is 0. The molecule has 0 saturated carbocycles. The van der Waals surface area contributed by atoms with Gasteiger partial charge in [0, 0.05) is 25.0 Å². The monoisotopic (exact) mass is 247 g/mol. The zero-order chi connectivity index (χ0) is 12.6. The van der Waals surface area contributed by atoms with E-state index in [-0.39, 0.29) is 0 Å². The minimum atomic E-state index is 0.608. The first-order chi connectivity index (χ1) is 8.84. The third-order valence-electron chi connectivity index (χ3n) is 3.59. The number of nitrogens with zero attached hydrogens (tertiary/aromatic N) is 2. The Morgan fingerprint density at radius 2 is 2.22 bits per heavy atom. The van der Waals surface area contributed by atoms with Crippen LogP contribution in [0.2, 0.25) is 0 Å². The number of likely N-dealkylation sites (tertiary alicyclic amines) is 1. The summed E-state index contributed by atoms with van der Waals surface area (Å²) in [6.45, 7) is 7.18. The Balaban J connectivity index is 1.54. The van der Waals surface area contributed by atoms with Crippen molar-refractivity contribution in [2.24, 2.45) is 0 Å². The predicted octanol–water partition coefficient (Wildman–Crippen LogP) is 2.09. The van der Waals surface area contributed by atoms with Gasteiger partial charge in [0.2, 0.25) is 0 Å². The van der Waals surface area contributed by atoms with Crippen LogP contribution in [0.25, 0.3) is 0 Å². The summed E-state index contributed by atoms with van der Waals surface area (Å²) in [5.41, 5.74) is 1.34. The largest absolute Gasteiger partial charge is 0.313 e. The van der Waals surface area contributed by atoms with Gasteiger partial charge in [-0.25, -0.2) is 0 Å². The summed E-state index contributed by atoms with van der Waals surface area (Å²) in [6, 6.07) is 4.77. The molecular weight excluding hydrogens is 222 g/mol. The molecule has 100 valence electrons. The van der Waals surface area contributed by atoms with Crippen molar-refractivity contribution in [1.82, 2.24) is 15.2 Å². The highest BCUT2D eigenvalue weighted by Gasteiger charge is 2.13. The van der Waals surface area contributed by atoms with Crippen molar-refractivity contribution in [3.8, 4) is 0 Å². The molecule has 1 fully saturated rings. The third-order valence-corrected chi connectivity index (χ3v) is 3.59. The Hall–Kier alpha value is -0.930. The summed E-state index contributed by atoms with van der Waals surface area (Å²) in [6.07, 6.45) is 8.88. The highest BCUT2D eigenvalue weighted by molar-refractivity contribution is 5.08. The molecule has 1 aliphatic heterocycles. The van der Waals surface area contributed by atoms with Crippen LogP contribution in [0, 0.1) is 0 Å². The number of pyridine rings is 1. The molecule has 1 unspecified atom stereocenters. The average molecular weight is 247 g/mol. The summed E-state index contributed by atoms with van der Waals surface area (Å²) in [5.74, 6) is 0. The minimum absolute atomic E-state index is 0.608. The van der Waals surface area contributed by atoms with Crippen LogP contribution in [0.15, 0.2) is 24.5 Å². The molecule has 3 heteroatoms. The van der Waals surface area contributed by atoms with Crippen LogP contribution in [0.5, 0.6) is 0 Å². The van der Waals surface area contributed by atoms with Crippen molar-refractivity contribution in [1.29, 1.82) is 0 Å². The Kier molecular flexibility index (Phi) is 5.62. The van der Waals surface area contributed by atoms with Crippen LogP contribution in [-0.2, 0) is 6.42 Å². The normalized spacial score (nSPS) is 18.1. The topological polar surface area (TPSA) is 28.2 Å². The molecule has 0 aromatic carbocycles. The maximum atomic E-state index is 4.14. The second-order valence-corrected chi connectivity index (χ2v) is 5.33. The predicted molar refractivity (Wildman–Crippen MR) is 75.7 cm³/mol. The molecule has 1 aromatic heterocycles. The van der Waals surface area contributed by atoms with Gasteiger partial charge in [0.1, 0.15) is 0 Å². The molecule has 1 aromatic rings. The van der Waals surface area contributed by atoms with E-state index in [1.165, 1.54) is 44.5 Å². The molecule has 18 heavy (non-hydrogen) atoms. The van der Waals surface area contributed by atoms with Gasteiger partial charge in [-0.15, -0.1) is 0 Å². The van der Waals surface area contributed by atoms with Gasteiger partial charge in [-0.05, 0) is 63.9 Å². The fourth-order valence-corrected chi connectivity index (χ4v) is 2.60. The van der Waals surface area contributed by atoms with Crippen LogP contribution in [0.3, 0.4) is 0 Å². The van der Waals surface area contributed by atoms with Gasteiger partial charge < -0.3 is 10.2 Å². The molecule has 0 radical (unpaired) electrons. The van der Waals surface area contributed by atoms with Gasteiger partial charge in [-0.2, -0.15) is 0 Å². The molecule has 0 bridgehead atoms. The second kappa shape index (κ2) is 7.49. The van der Waals surface area contributed by atoms with Gasteiger partial charge >= 0.3 is 0 Å². The Morgan fingerprint density at radius 3 is 2.94 bits per heavy atom. The highest BCUT2D eigenvalue weighted by atomic mass is 15.2. The maximum Gasteiger partial charge on any atom is 0.0299 e. The van der Waals surface area contributed by atoms with Gasteiger partial charge in [0.05, 0.1) is 0 Å². The first kappa shape index (κ1) is 13.5. The van der Waals surface area contributed by atoms with E-state index in [2.05, 4.69) is 28.2 Å². The van der Waals surface area contributed by atoms with Crippen molar-refractivity contribution in [3.05, 3.63) is 30.1 Å². The molecule has 0 spiro atoms. The van der Waals surface area contributed by atoms with Crippen molar-refractivity contribution in [2.45, 2.75) is 38.6 Å². The summed E-state index contributed by atoms with van der Waals surface area (Å²) < 4.78 is 0. The molecule has 1 saturated heterocycles. The SMILES string of the molecule is CC(CN1CCCC1)NCCCc1cccnc1. The molecule has 3 nitrogen and oxygen atoms in total. The maximum absolute atomic E-state index is 4.14. The Labute approximate surface area is 111 Å². The molecular formula is C15H25N3. The van der Waals surface area contributed by atoms with Crippen LogP contribution in [-0.4, -0.2) is 42.1 Å². The van der Waals surface area contributed by atoms with Gasteiger partial charge in [-0.1, -0.05) is 6.07 Å². The van der Waals surface area contributed by atoms with E-state index in [1.54, 1.807) is 0 Å². The Morgan fingerprint density at radius 1 is 1.39 bits per heavy atom. The van der Waals surface area contributed by atoms with Crippen molar-refractivity contribution >= 4 is 0 Å². The van der Waals surface area contributed by atoms with Crippen LogP contribution in [0.1, 0.15) is 31.7 Å². The van der Waals surface area contributed by atoms with Gasteiger partial charge in [0.25, 0.3) is 0 Å². The quantitative estimate of drug-likeness (QED) is 0.748. The number of rotatable bonds is 7. The van der Waals surface area contributed by atoms with E-state index in [9.17, 15) is 0 Å². The number of hydrogen-bond acceptors (Lipinski definition) is 3. The fraction of sp³-hybridized carbons (Fsp3) is 0.667. The zero-order valence-electron chi connectivity index (χ0n) is 11.4. The van der Waals surface area contributed by atoms with Crippen molar-refractivity contribution in [2.75, 3.05) is 26.2 Å². The lowest BCUT2D eigenvalue weighted by Crippen LogP contribution is -2.38. The highest BCUT2D eigenvalue weighted by Crippen LogP contribution is 2.07. The minimum Gasteiger partial charge on any atom is -0.313 e. The van der Waals surface area contributed by atoms with E-state index in [4.69, 9.17) is 0 Å². The average Bonchev–Trinajstić information content (AvgIpc) is 2.89. The lowest BCUT2D eigenvalue weighted by atomic mass is 10.1. The van der Waals surface area contributed by atoms with Crippen molar-refractivity contribution < 1.29 is 0 Å². The van der Waals surface area contributed by atoms with E-state index in [0.717, 1.165) is 13.0 Å². The van der Waals surface area contributed by atoms with Crippen LogP contribution >= 0.6 is 0 Å². The standard InChI is InChI=1S/C15H25N3/c1-14(13-18-10-2-3-11-18)17-9-5-7-15-6-4-8-16-12-15/h4,6,8,12,14,17H,2-3,5,7,9-11,13H2,1H3.